The maximum atomic E-state index is 13.9. The molecule has 0 aliphatic carbocycles. The van der Waals surface area contributed by atoms with Gasteiger partial charge in [-0.1, -0.05) is 28.8 Å². The standard InChI is InChI=1S/C18H19ClFN5O2/c1-3-26-17-9-12(10-21-18-22-23-24-25(18)2)7-8-16(17)27-11-13-14(19)5-4-6-15(13)20/h4-9H,3,10-11H2,1-2H3,(H,21,22,24). The molecule has 0 radical (unpaired) electrons. The summed E-state index contributed by atoms with van der Waals surface area (Å²) >= 11 is 6.05. The number of nitrogens with zero attached hydrogens (tertiary/aromatic N) is 4. The van der Waals surface area contributed by atoms with E-state index in [1.807, 2.05) is 19.1 Å². The van der Waals surface area contributed by atoms with Gasteiger partial charge in [-0.15, -0.1) is 0 Å². The normalized spacial score (nSPS) is 10.7. The molecule has 3 rings (SSSR count). The molecular weight excluding hydrogens is 373 g/mol. The molecular formula is C18H19ClFN5O2. The molecule has 0 aliphatic heterocycles. The van der Waals surface area contributed by atoms with Crippen LogP contribution in [-0.4, -0.2) is 26.8 Å². The highest BCUT2D eigenvalue weighted by molar-refractivity contribution is 6.31. The summed E-state index contributed by atoms with van der Waals surface area (Å²) in [7, 11) is 1.75. The zero-order valence-electron chi connectivity index (χ0n) is 14.9. The predicted octanol–water partition coefficient (Wildman–Crippen LogP) is 3.59. The minimum absolute atomic E-state index is 0.00772. The lowest BCUT2D eigenvalue weighted by atomic mass is 10.2. The van der Waals surface area contributed by atoms with Crippen molar-refractivity contribution in [3.05, 3.63) is 58.4 Å². The Balaban J connectivity index is 1.72. The number of aryl methyl sites for hydroxylation is 1. The molecule has 1 heterocycles. The van der Waals surface area contributed by atoms with Crippen LogP contribution in [0.2, 0.25) is 5.02 Å². The number of anilines is 1. The van der Waals surface area contributed by atoms with E-state index < -0.39 is 5.82 Å². The van der Waals surface area contributed by atoms with Gasteiger partial charge in [0.2, 0.25) is 5.95 Å². The van der Waals surface area contributed by atoms with Crippen molar-refractivity contribution in [1.29, 1.82) is 0 Å². The lowest BCUT2D eigenvalue weighted by Crippen LogP contribution is -2.07. The first kappa shape index (κ1) is 18.9. The van der Waals surface area contributed by atoms with E-state index >= 15 is 0 Å². The molecule has 0 atom stereocenters. The molecule has 1 N–H and O–H groups in total. The second kappa shape index (κ2) is 8.68. The monoisotopic (exact) mass is 391 g/mol. The third-order valence-corrected chi connectivity index (χ3v) is 4.17. The van der Waals surface area contributed by atoms with Gasteiger partial charge in [0.1, 0.15) is 12.4 Å². The Morgan fingerprint density at radius 2 is 2.04 bits per heavy atom. The van der Waals surface area contributed by atoms with E-state index in [1.165, 1.54) is 6.07 Å². The summed E-state index contributed by atoms with van der Waals surface area (Å²) in [5.41, 5.74) is 1.26. The van der Waals surface area contributed by atoms with E-state index in [0.29, 0.717) is 41.2 Å². The van der Waals surface area contributed by atoms with Gasteiger partial charge in [-0.2, -0.15) is 0 Å². The number of hydrogen-bond acceptors (Lipinski definition) is 6. The predicted molar refractivity (Wildman–Crippen MR) is 99.5 cm³/mol. The van der Waals surface area contributed by atoms with Crippen LogP contribution in [0.15, 0.2) is 36.4 Å². The summed E-state index contributed by atoms with van der Waals surface area (Å²) < 4.78 is 26.9. The number of ether oxygens (including phenoxy) is 2. The Morgan fingerprint density at radius 3 is 2.74 bits per heavy atom. The fourth-order valence-electron chi connectivity index (χ4n) is 2.43. The maximum absolute atomic E-state index is 13.9. The molecule has 0 spiro atoms. The quantitative estimate of drug-likeness (QED) is 0.632. The number of hydrogen-bond donors (Lipinski definition) is 1. The molecule has 0 saturated heterocycles. The van der Waals surface area contributed by atoms with Crippen molar-refractivity contribution in [2.75, 3.05) is 11.9 Å². The summed E-state index contributed by atoms with van der Waals surface area (Å²) in [5, 5.41) is 14.7. The summed E-state index contributed by atoms with van der Waals surface area (Å²) in [6.07, 6.45) is 0. The summed E-state index contributed by atoms with van der Waals surface area (Å²) in [6.45, 7) is 2.87. The molecule has 142 valence electrons. The van der Waals surface area contributed by atoms with Gasteiger partial charge in [-0.05, 0) is 47.2 Å². The van der Waals surface area contributed by atoms with Crippen LogP contribution in [0.1, 0.15) is 18.1 Å². The van der Waals surface area contributed by atoms with E-state index in [0.717, 1.165) is 5.56 Å². The summed E-state index contributed by atoms with van der Waals surface area (Å²) in [4.78, 5) is 0. The van der Waals surface area contributed by atoms with E-state index in [9.17, 15) is 4.39 Å². The number of benzene rings is 2. The molecule has 0 amide bonds. The first-order chi connectivity index (χ1) is 13.1. The number of aromatic nitrogens is 4. The number of tetrazole rings is 1. The van der Waals surface area contributed by atoms with Crippen LogP contribution in [-0.2, 0) is 20.2 Å². The average Bonchev–Trinajstić information content (AvgIpc) is 3.06. The highest BCUT2D eigenvalue weighted by Gasteiger charge is 2.12. The largest absolute Gasteiger partial charge is 0.490 e. The minimum Gasteiger partial charge on any atom is -0.490 e. The molecule has 0 unspecified atom stereocenters. The molecule has 0 fully saturated rings. The summed E-state index contributed by atoms with van der Waals surface area (Å²) in [6, 6.07) is 10.1. The average molecular weight is 392 g/mol. The molecule has 0 saturated carbocycles. The van der Waals surface area contributed by atoms with Crippen LogP contribution in [0.25, 0.3) is 0 Å². The van der Waals surface area contributed by atoms with Gasteiger partial charge in [0.15, 0.2) is 11.5 Å². The highest BCUT2D eigenvalue weighted by atomic mass is 35.5. The van der Waals surface area contributed by atoms with Gasteiger partial charge in [0.05, 0.1) is 11.6 Å². The summed E-state index contributed by atoms with van der Waals surface area (Å²) in [5.74, 6) is 1.24. The van der Waals surface area contributed by atoms with Gasteiger partial charge in [-0.25, -0.2) is 9.07 Å². The van der Waals surface area contributed by atoms with Crippen molar-refractivity contribution in [3.63, 3.8) is 0 Å². The van der Waals surface area contributed by atoms with Crippen LogP contribution in [0.5, 0.6) is 11.5 Å². The molecule has 3 aromatic rings. The highest BCUT2D eigenvalue weighted by Crippen LogP contribution is 2.30. The van der Waals surface area contributed by atoms with Crippen LogP contribution >= 0.6 is 11.6 Å². The van der Waals surface area contributed by atoms with Crippen LogP contribution in [0, 0.1) is 5.82 Å². The number of rotatable bonds is 8. The van der Waals surface area contributed by atoms with Gasteiger partial charge < -0.3 is 14.8 Å². The molecule has 0 aliphatic rings. The van der Waals surface area contributed by atoms with Crippen molar-refractivity contribution in [2.45, 2.75) is 20.1 Å². The first-order valence-corrected chi connectivity index (χ1v) is 8.74. The smallest absolute Gasteiger partial charge is 0.242 e. The molecule has 0 bridgehead atoms. The van der Waals surface area contributed by atoms with Crippen molar-refractivity contribution in [2.24, 2.45) is 7.05 Å². The molecule has 27 heavy (non-hydrogen) atoms. The second-order valence-corrected chi connectivity index (χ2v) is 6.09. The first-order valence-electron chi connectivity index (χ1n) is 8.36. The number of nitrogens with one attached hydrogen (secondary N) is 1. The van der Waals surface area contributed by atoms with Gasteiger partial charge in [-0.3, -0.25) is 0 Å². The van der Waals surface area contributed by atoms with Crippen molar-refractivity contribution < 1.29 is 13.9 Å². The van der Waals surface area contributed by atoms with Crippen molar-refractivity contribution in [3.8, 4) is 11.5 Å². The zero-order valence-corrected chi connectivity index (χ0v) is 15.7. The van der Waals surface area contributed by atoms with E-state index in [2.05, 4.69) is 20.8 Å². The molecule has 2 aromatic carbocycles. The number of halogens is 2. The second-order valence-electron chi connectivity index (χ2n) is 5.68. The van der Waals surface area contributed by atoms with Crippen molar-refractivity contribution in [1.82, 2.24) is 20.2 Å². The van der Waals surface area contributed by atoms with Crippen molar-refractivity contribution >= 4 is 17.5 Å². The van der Waals surface area contributed by atoms with E-state index in [4.69, 9.17) is 21.1 Å². The van der Waals surface area contributed by atoms with Crippen LogP contribution < -0.4 is 14.8 Å². The van der Waals surface area contributed by atoms with Gasteiger partial charge in [0, 0.05) is 19.2 Å². The van der Waals surface area contributed by atoms with E-state index in [-0.39, 0.29) is 6.61 Å². The lowest BCUT2D eigenvalue weighted by Gasteiger charge is -2.14. The Labute approximate surface area is 161 Å². The Kier molecular flexibility index (Phi) is 6.08. The van der Waals surface area contributed by atoms with Gasteiger partial charge in [0.25, 0.3) is 0 Å². The minimum atomic E-state index is -0.404. The molecule has 9 heteroatoms. The Hall–Kier alpha value is -2.87. The fourth-order valence-corrected chi connectivity index (χ4v) is 2.65. The Bertz CT molecular complexity index is 898. The van der Waals surface area contributed by atoms with Crippen LogP contribution in [0.4, 0.5) is 10.3 Å². The van der Waals surface area contributed by atoms with Crippen LogP contribution in [0.3, 0.4) is 0 Å². The van der Waals surface area contributed by atoms with Gasteiger partial charge >= 0.3 is 0 Å². The third-order valence-electron chi connectivity index (χ3n) is 3.81. The Morgan fingerprint density at radius 1 is 1.19 bits per heavy atom. The third kappa shape index (κ3) is 4.65. The van der Waals surface area contributed by atoms with E-state index in [1.54, 1.807) is 29.9 Å². The zero-order chi connectivity index (χ0) is 19.2. The SMILES string of the molecule is CCOc1cc(CNc2nnnn2C)ccc1OCc1c(F)cccc1Cl. The molecule has 7 nitrogen and oxygen atoms in total. The fraction of sp³-hybridized carbons (Fsp3) is 0.278. The maximum Gasteiger partial charge on any atom is 0.242 e. The molecule has 1 aromatic heterocycles. The lowest BCUT2D eigenvalue weighted by molar-refractivity contribution is 0.265. The topological polar surface area (TPSA) is 74.1 Å².